The van der Waals surface area contributed by atoms with Crippen LogP contribution in [0.2, 0.25) is 0 Å². The molecule has 2 rings (SSSR count). The Morgan fingerprint density at radius 3 is 2.64 bits per heavy atom. The van der Waals surface area contributed by atoms with E-state index in [0.29, 0.717) is 11.1 Å². The number of carbonyl (C=O) groups excluding carboxylic acids is 1. The zero-order valence-electron chi connectivity index (χ0n) is 12.5. The minimum Gasteiger partial charge on any atom is -0.480 e. The molecule has 4 nitrogen and oxygen atoms in total. The summed E-state index contributed by atoms with van der Waals surface area (Å²) in [4.78, 5) is 17.9. The average molecular weight is 306 g/mol. The molecule has 1 heterocycles. The largest absolute Gasteiger partial charge is 0.480 e. The molecule has 1 aromatic heterocycles. The fourth-order valence-corrected chi connectivity index (χ4v) is 2.08. The van der Waals surface area contributed by atoms with Crippen molar-refractivity contribution in [2.75, 3.05) is 14.2 Å². The van der Waals surface area contributed by atoms with Crippen LogP contribution in [0.15, 0.2) is 36.5 Å². The minimum atomic E-state index is -0.941. The van der Waals surface area contributed by atoms with E-state index in [0.717, 1.165) is 12.1 Å². The van der Waals surface area contributed by atoms with E-state index in [9.17, 15) is 13.6 Å². The van der Waals surface area contributed by atoms with Gasteiger partial charge in [-0.05, 0) is 36.8 Å². The van der Waals surface area contributed by atoms with Gasteiger partial charge in [0.25, 0.3) is 5.91 Å². The fraction of sp³-hybridized carbons (Fsp3) is 0.250. The molecule has 0 N–H and O–H groups in total. The van der Waals surface area contributed by atoms with Gasteiger partial charge in [-0.25, -0.2) is 13.8 Å². The number of halogens is 2. The molecule has 0 aliphatic carbocycles. The summed E-state index contributed by atoms with van der Waals surface area (Å²) in [6, 6.07) is 6.38. The van der Waals surface area contributed by atoms with Crippen LogP contribution in [0.4, 0.5) is 8.78 Å². The minimum absolute atomic E-state index is 0.219. The summed E-state index contributed by atoms with van der Waals surface area (Å²) >= 11 is 0. The number of carbonyl (C=O) groups is 1. The summed E-state index contributed by atoms with van der Waals surface area (Å²) in [6.07, 6.45) is 1.52. The van der Waals surface area contributed by atoms with Crippen LogP contribution in [0.3, 0.4) is 0 Å². The van der Waals surface area contributed by atoms with Gasteiger partial charge in [0.2, 0.25) is 5.88 Å². The molecule has 116 valence electrons. The summed E-state index contributed by atoms with van der Waals surface area (Å²) in [5.74, 6) is -1.96. The van der Waals surface area contributed by atoms with E-state index in [2.05, 4.69) is 4.98 Å². The van der Waals surface area contributed by atoms with E-state index in [-0.39, 0.29) is 11.8 Å². The van der Waals surface area contributed by atoms with Gasteiger partial charge in [0, 0.05) is 13.2 Å². The first-order valence-electron chi connectivity index (χ1n) is 6.66. The summed E-state index contributed by atoms with van der Waals surface area (Å²) in [5.41, 5.74) is 0.805. The predicted octanol–water partition coefficient (Wildman–Crippen LogP) is 3.20. The Kier molecular flexibility index (Phi) is 4.70. The van der Waals surface area contributed by atoms with E-state index >= 15 is 0 Å². The van der Waals surface area contributed by atoms with E-state index < -0.39 is 17.7 Å². The lowest BCUT2D eigenvalue weighted by molar-refractivity contribution is 0.0738. The van der Waals surface area contributed by atoms with Crippen molar-refractivity contribution in [3.8, 4) is 5.88 Å². The second kappa shape index (κ2) is 6.51. The molecule has 0 saturated heterocycles. The molecule has 22 heavy (non-hydrogen) atoms. The van der Waals surface area contributed by atoms with Crippen molar-refractivity contribution in [1.82, 2.24) is 9.88 Å². The van der Waals surface area contributed by atoms with Gasteiger partial charge in [0.15, 0.2) is 11.6 Å². The standard InChI is InChI=1S/C16H16F2N2O2/c1-10(11-6-7-13(17)14(18)9-11)20(2)16(21)12-5-4-8-19-15(12)22-3/h4-10H,1-3H3. The first-order chi connectivity index (χ1) is 10.5. The van der Waals surface area contributed by atoms with Crippen LogP contribution in [0.25, 0.3) is 0 Å². The molecule has 0 aliphatic rings. The number of rotatable bonds is 4. The molecule has 1 unspecified atom stereocenters. The van der Waals surface area contributed by atoms with Gasteiger partial charge in [-0.15, -0.1) is 0 Å². The fourth-order valence-electron chi connectivity index (χ4n) is 2.08. The maximum Gasteiger partial charge on any atom is 0.259 e. The van der Waals surface area contributed by atoms with Gasteiger partial charge in [-0.1, -0.05) is 6.07 Å². The topological polar surface area (TPSA) is 42.4 Å². The van der Waals surface area contributed by atoms with Crippen molar-refractivity contribution in [3.63, 3.8) is 0 Å². The molecule has 0 saturated carbocycles. The average Bonchev–Trinajstić information content (AvgIpc) is 2.55. The van der Waals surface area contributed by atoms with Crippen molar-refractivity contribution >= 4 is 5.91 Å². The number of amides is 1. The van der Waals surface area contributed by atoms with Crippen molar-refractivity contribution < 1.29 is 18.3 Å². The Balaban J connectivity index is 2.28. The number of nitrogens with zero attached hydrogens (tertiary/aromatic N) is 2. The van der Waals surface area contributed by atoms with E-state index in [1.807, 2.05) is 0 Å². The van der Waals surface area contributed by atoms with Gasteiger partial charge < -0.3 is 9.64 Å². The van der Waals surface area contributed by atoms with Gasteiger partial charge in [-0.3, -0.25) is 4.79 Å². The summed E-state index contributed by atoms with van der Waals surface area (Å²) < 4.78 is 31.4. The first kappa shape index (κ1) is 15.9. The Hall–Kier alpha value is -2.50. The van der Waals surface area contributed by atoms with Gasteiger partial charge in [0.05, 0.1) is 13.2 Å². The lowest BCUT2D eigenvalue weighted by atomic mass is 10.1. The number of ether oxygens (including phenoxy) is 1. The zero-order valence-corrected chi connectivity index (χ0v) is 12.5. The number of benzene rings is 1. The third-order valence-electron chi connectivity index (χ3n) is 3.52. The lowest BCUT2D eigenvalue weighted by Gasteiger charge is -2.26. The number of pyridine rings is 1. The van der Waals surface area contributed by atoms with Crippen LogP contribution in [0.1, 0.15) is 28.9 Å². The molecule has 0 aliphatic heterocycles. The van der Waals surface area contributed by atoms with Crippen LogP contribution in [0.5, 0.6) is 5.88 Å². The van der Waals surface area contributed by atoms with Crippen LogP contribution in [-0.2, 0) is 0 Å². The Labute approximate surface area is 127 Å². The van der Waals surface area contributed by atoms with Crippen LogP contribution in [-0.4, -0.2) is 29.9 Å². The monoisotopic (exact) mass is 306 g/mol. The Bertz CT molecular complexity index is 692. The summed E-state index contributed by atoms with van der Waals surface area (Å²) in [7, 11) is 3.01. The third-order valence-corrected chi connectivity index (χ3v) is 3.52. The number of hydrogen-bond donors (Lipinski definition) is 0. The van der Waals surface area contributed by atoms with Crippen molar-refractivity contribution in [1.29, 1.82) is 0 Å². The highest BCUT2D eigenvalue weighted by atomic mass is 19.2. The third kappa shape index (κ3) is 3.05. The first-order valence-corrected chi connectivity index (χ1v) is 6.66. The molecular weight excluding hydrogens is 290 g/mol. The zero-order chi connectivity index (χ0) is 16.3. The predicted molar refractivity (Wildman–Crippen MR) is 77.7 cm³/mol. The number of aromatic nitrogens is 1. The van der Waals surface area contributed by atoms with Crippen molar-refractivity contribution in [2.45, 2.75) is 13.0 Å². The quantitative estimate of drug-likeness (QED) is 0.871. The van der Waals surface area contributed by atoms with Crippen LogP contribution >= 0.6 is 0 Å². The van der Waals surface area contributed by atoms with Crippen molar-refractivity contribution in [2.24, 2.45) is 0 Å². The molecule has 0 fully saturated rings. The second-order valence-electron chi connectivity index (χ2n) is 4.83. The molecule has 0 radical (unpaired) electrons. The van der Waals surface area contributed by atoms with E-state index in [4.69, 9.17) is 4.74 Å². The summed E-state index contributed by atoms with van der Waals surface area (Å²) in [5, 5.41) is 0. The van der Waals surface area contributed by atoms with Crippen LogP contribution in [0, 0.1) is 11.6 Å². The summed E-state index contributed by atoms with van der Waals surface area (Å²) in [6.45, 7) is 1.73. The van der Waals surface area contributed by atoms with Gasteiger partial charge >= 0.3 is 0 Å². The highest BCUT2D eigenvalue weighted by Gasteiger charge is 2.22. The normalized spacial score (nSPS) is 11.9. The molecule has 0 bridgehead atoms. The maximum atomic E-state index is 13.3. The Morgan fingerprint density at radius 2 is 2.00 bits per heavy atom. The van der Waals surface area contributed by atoms with E-state index in [1.165, 1.54) is 24.3 Å². The number of methoxy groups -OCH3 is 1. The van der Waals surface area contributed by atoms with Crippen LogP contribution < -0.4 is 4.74 Å². The maximum absolute atomic E-state index is 13.3. The molecule has 0 spiro atoms. The lowest BCUT2D eigenvalue weighted by Crippen LogP contribution is -2.30. The SMILES string of the molecule is COc1ncccc1C(=O)N(C)C(C)c1ccc(F)c(F)c1. The second-order valence-corrected chi connectivity index (χ2v) is 4.83. The van der Waals surface area contributed by atoms with Gasteiger partial charge in [0.1, 0.15) is 5.56 Å². The number of hydrogen-bond acceptors (Lipinski definition) is 3. The molecule has 1 aromatic carbocycles. The smallest absolute Gasteiger partial charge is 0.259 e. The van der Waals surface area contributed by atoms with Crippen molar-refractivity contribution in [3.05, 3.63) is 59.3 Å². The molecule has 2 aromatic rings. The van der Waals surface area contributed by atoms with E-state index in [1.54, 1.807) is 26.1 Å². The molecule has 1 amide bonds. The molecule has 6 heteroatoms. The Morgan fingerprint density at radius 1 is 1.27 bits per heavy atom. The highest BCUT2D eigenvalue weighted by Crippen LogP contribution is 2.24. The molecular formula is C16H16F2N2O2. The highest BCUT2D eigenvalue weighted by molar-refractivity contribution is 5.96. The van der Waals surface area contributed by atoms with Gasteiger partial charge in [-0.2, -0.15) is 0 Å². The molecule has 1 atom stereocenters.